The van der Waals surface area contributed by atoms with E-state index in [0.29, 0.717) is 6.54 Å². The molecule has 0 saturated carbocycles. The highest BCUT2D eigenvalue weighted by Gasteiger charge is 2.15. The molecule has 0 unspecified atom stereocenters. The Hall–Kier alpha value is -0.940. The van der Waals surface area contributed by atoms with Crippen LogP contribution in [-0.4, -0.2) is 23.5 Å². The summed E-state index contributed by atoms with van der Waals surface area (Å²) in [5, 5.41) is 3.95. The van der Waals surface area contributed by atoms with Crippen molar-refractivity contribution >= 4 is 17.2 Å². The lowest BCUT2D eigenvalue weighted by Crippen LogP contribution is -2.39. The third kappa shape index (κ3) is 3.26. The fourth-order valence-electron chi connectivity index (χ4n) is 1.97. The van der Waals surface area contributed by atoms with E-state index in [1.165, 1.54) is 29.8 Å². The molecule has 0 saturated heterocycles. The summed E-state index contributed by atoms with van der Waals surface area (Å²) in [4.78, 5) is 17.4. The van der Waals surface area contributed by atoms with Gasteiger partial charge in [-0.1, -0.05) is 0 Å². The first-order valence-electron chi connectivity index (χ1n) is 6.17. The molecule has 1 heterocycles. The number of aryl methyl sites for hydroxylation is 2. The van der Waals surface area contributed by atoms with E-state index >= 15 is 0 Å². The number of amides is 1. The molecule has 1 aliphatic rings. The number of carbonyl (C=O) groups is 1. The normalized spacial score (nSPS) is 16.4. The van der Waals surface area contributed by atoms with Crippen LogP contribution in [0.1, 0.15) is 35.3 Å². The summed E-state index contributed by atoms with van der Waals surface area (Å²) in [7, 11) is 0. The SMILES string of the molecule is C[C@@H](N)C(=O)NCCc1nc2c(s1)CCCC2. The van der Waals surface area contributed by atoms with E-state index < -0.39 is 6.04 Å². The van der Waals surface area contributed by atoms with Crippen molar-refractivity contribution in [2.75, 3.05) is 6.54 Å². The zero-order valence-corrected chi connectivity index (χ0v) is 11.0. The number of rotatable bonds is 4. The molecule has 1 atom stereocenters. The summed E-state index contributed by atoms with van der Waals surface area (Å²) in [6.07, 6.45) is 5.67. The fraction of sp³-hybridized carbons (Fsp3) is 0.667. The van der Waals surface area contributed by atoms with Gasteiger partial charge in [-0.05, 0) is 32.6 Å². The zero-order valence-electron chi connectivity index (χ0n) is 10.2. The molecular formula is C12H19N3OS. The van der Waals surface area contributed by atoms with Gasteiger partial charge in [-0.15, -0.1) is 11.3 Å². The summed E-state index contributed by atoms with van der Waals surface area (Å²) >= 11 is 1.80. The number of thiazole rings is 1. The van der Waals surface area contributed by atoms with Crippen LogP contribution in [-0.2, 0) is 24.1 Å². The van der Waals surface area contributed by atoms with Crippen LogP contribution in [0.3, 0.4) is 0 Å². The first-order valence-corrected chi connectivity index (χ1v) is 6.99. The van der Waals surface area contributed by atoms with Gasteiger partial charge >= 0.3 is 0 Å². The quantitative estimate of drug-likeness (QED) is 0.842. The predicted octanol–water partition coefficient (Wildman–Crippen LogP) is 1.03. The molecule has 5 heteroatoms. The van der Waals surface area contributed by atoms with Gasteiger partial charge in [0.05, 0.1) is 16.7 Å². The number of hydrogen-bond donors (Lipinski definition) is 2. The van der Waals surface area contributed by atoms with Crippen LogP contribution in [0.2, 0.25) is 0 Å². The van der Waals surface area contributed by atoms with Crippen molar-refractivity contribution in [3.05, 3.63) is 15.6 Å². The highest BCUT2D eigenvalue weighted by molar-refractivity contribution is 7.11. The van der Waals surface area contributed by atoms with Gasteiger partial charge in [0.25, 0.3) is 0 Å². The van der Waals surface area contributed by atoms with Crippen LogP contribution in [0.5, 0.6) is 0 Å². The minimum atomic E-state index is -0.431. The Balaban J connectivity index is 1.83. The van der Waals surface area contributed by atoms with E-state index in [1.54, 1.807) is 18.3 Å². The third-order valence-electron chi connectivity index (χ3n) is 2.94. The van der Waals surface area contributed by atoms with Crippen LogP contribution in [0.4, 0.5) is 0 Å². The van der Waals surface area contributed by atoms with Gasteiger partial charge in [-0.2, -0.15) is 0 Å². The van der Waals surface area contributed by atoms with Crippen molar-refractivity contribution < 1.29 is 4.79 Å². The maximum Gasteiger partial charge on any atom is 0.236 e. The zero-order chi connectivity index (χ0) is 12.3. The predicted molar refractivity (Wildman–Crippen MR) is 69.1 cm³/mol. The Kier molecular flexibility index (Phi) is 4.12. The summed E-state index contributed by atoms with van der Waals surface area (Å²) < 4.78 is 0. The van der Waals surface area contributed by atoms with Crippen LogP contribution in [0.15, 0.2) is 0 Å². The number of nitrogens with two attached hydrogens (primary N) is 1. The van der Waals surface area contributed by atoms with E-state index in [1.807, 2.05) is 0 Å². The first kappa shape index (κ1) is 12.5. The van der Waals surface area contributed by atoms with Gasteiger partial charge in [0.1, 0.15) is 0 Å². The molecule has 4 nitrogen and oxygen atoms in total. The molecule has 1 aliphatic carbocycles. The van der Waals surface area contributed by atoms with E-state index in [2.05, 4.69) is 10.3 Å². The molecule has 2 rings (SSSR count). The number of hydrogen-bond acceptors (Lipinski definition) is 4. The highest BCUT2D eigenvalue weighted by Crippen LogP contribution is 2.26. The molecule has 0 spiro atoms. The van der Waals surface area contributed by atoms with Crippen LogP contribution < -0.4 is 11.1 Å². The molecular weight excluding hydrogens is 234 g/mol. The Bertz CT molecular complexity index is 377. The smallest absolute Gasteiger partial charge is 0.236 e. The fourth-order valence-corrected chi connectivity index (χ4v) is 3.12. The Morgan fingerprint density at radius 3 is 3.00 bits per heavy atom. The molecule has 0 fully saturated rings. The second kappa shape index (κ2) is 5.60. The molecule has 17 heavy (non-hydrogen) atoms. The average Bonchev–Trinajstić information content (AvgIpc) is 2.71. The molecule has 94 valence electrons. The number of aromatic nitrogens is 1. The Labute approximate surface area is 106 Å². The standard InChI is InChI=1S/C12H19N3OS/c1-8(13)12(16)14-7-6-11-15-9-4-2-3-5-10(9)17-11/h8H,2-7,13H2,1H3,(H,14,16)/t8-/m1/s1. The molecule has 3 N–H and O–H groups in total. The highest BCUT2D eigenvalue weighted by atomic mass is 32.1. The maximum absolute atomic E-state index is 11.3. The largest absolute Gasteiger partial charge is 0.354 e. The summed E-state index contributed by atoms with van der Waals surface area (Å²) in [6.45, 7) is 2.32. The van der Waals surface area contributed by atoms with E-state index in [0.717, 1.165) is 17.8 Å². The topological polar surface area (TPSA) is 68.0 Å². The van der Waals surface area contributed by atoms with Gasteiger partial charge in [0.15, 0.2) is 0 Å². The van der Waals surface area contributed by atoms with Gasteiger partial charge in [0, 0.05) is 17.8 Å². The van der Waals surface area contributed by atoms with Crippen LogP contribution in [0, 0.1) is 0 Å². The van der Waals surface area contributed by atoms with E-state index in [-0.39, 0.29) is 5.91 Å². The van der Waals surface area contributed by atoms with E-state index in [9.17, 15) is 4.79 Å². The molecule has 1 aromatic heterocycles. The molecule has 0 bridgehead atoms. The summed E-state index contributed by atoms with van der Waals surface area (Å²) in [6, 6.07) is -0.431. The second-order valence-corrected chi connectivity index (χ2v) is 5.68. The van der Waals surface area contributed by atoms with Gasteiger partial charge in [-0.25, -0.2) is 4.98 Å². The van der Waals surface area contributed by atoms with Crippen molar-refractivity contribution in [1.82, 2.24) is 10.3 Å². The lowest BCUT2D eigenvalue weighted by Gasteiger charge is -2.06. The maximum atomic E-state index is 11.3. The van der Waals surface area contributed by atoms with Gasteiger partial charge in [-0.3, -0.25) is 4.79 Å². The molecule has 0 aliphatic heterocycles. The Morgan fingerprint density at radius 2 is 2.29 bits per heavy atom. The van der Waals surface area contributed by atoms with Crippen molar-refractivity contribution in [3.63, 3.8) is 0 Å². The van der Waals surface area contributed by atoms with Crippen LogP contribution in [0.25, 0.3) is 0 Å². The van der Waals surface area contributed by atoms with Crippen molar-refractivity contribution in [2.45, 2.75) is 45.1 Å². The van der Waals surface area contributed by atoms with Crippen molar-refractivity contribution in [2.24, 2.45) is 5.73 Å². The van der Waals surface area contributed by atoms with E-state index in [4.69, 9.17) is 5.73 Å². The average molecular weight is 253 g/mol. The van der Waals surface area contributed by atoms with Crippen LogP contribution >= 0.6 is 11.3 Å². The Morgan fingerprint density at radius 1 is 1.53 bits per heavy atom. The lowest BCUT2D eigenvalue weighted by atomic mass is 10.0. The monoisotopic (exact) mass is 253 g/mol. The molecule has 0 radical (unpaired) electrons. The molecule has 1 amide bonds. The van der Waals surface area contributed by atoms with Crippen molar-refractivity contribution in [3.8, 4) is 0 Å². The lowest BCUT2D eigenvalue weighted by molar-refractivity contribution is -0.121. The second-order valence-electron chi connectivity index (χ2n) is 4.51. The number of fused-ring (bicyclic) bond motifs is 1. The van der Waals surface area contributed by atoms with Gasteiger partial charge in [0.2, 0.25) is 5.91 Å². The minimum absolute atomic E-state index is 0.0914. The minimum Gasteiger partial charge on any atom is -0.354 e. The summed E-state index contributed by atoms with van der Waals surface area (Å²) in [5.74, 6) is -0.0914. The number of nitrogens with zero attached hydrogens (tertiary/aromatic N) is 1. The third-order valence-corrected chi connectivity index (χ3v) is 4.16. The van der Waals surface area contributed by atoms with Crippen molar-refractivity contribution in [1.29, 1.82) is 0 Å². The molecule has 0 aromatic carbocycles. The first-order chi connectivity index (χ1) is 8.16. The number of carbonyl (C=O) groups excluding carboxylic acids is 1. The van der Waals surface area contributed by atoms with Gasteiger partial charge < -0.3 is 11.1 Å². The molecule has 1 aromatic rings. The number of nitrogens with one attached hydrogen (secondary N) is 1. The summed E-state index contributed by atoms with van der Waals surface area (Å²) in [5.41, 5.74) is 6.76.